The van der Waals surface area contributed by atoms with Gasteiger partial charge in [-0.05, 0) is 90.8 Å². The van der Waals surface area contributed by atoms with Crippen molar-refractivity contribution in [1.29, 1.82) is 5.26 Å². The summed E-state index contributed by atoms with van der Waals surface area (Å²) < 4.78 is 0. The number of fused-ring (bicyclic) bond motifs is 16. The molecular formula is C19H23N. The molecule has 6 aliphatic rings. The molecule has 0 aromatic carbocycles. The average Bonchev–Trinajstić information content (AvgIpc) is 3.23. The van der Waals surface area contributed by atoms with Gasteiger partial charge in [0.2, 0.25) is 0 Å². The molecule has 11 unspecified atom stereocenters. The Morgan fingerprint density at radius 1 is 0.800 bits per heavy atom. The molecule has 0 N–H and O–H groups in total. The number of nitrogens with zero attached hydrogens (tertiary/aromatic N) is 1. The van der Waals surface area contributed by atoms with Gasteiger partial charge in [0, 0.05) is 6.42 Å². The predicted octanol–water partition coefficient (Wildman–Crippen LogP) is 3.88. The van der Waals surface area contributed by atoms with E-state index in [9.17, 15) is 0 Å². The zero-order valence-corrected chi connectivity index (χ0v) is 12.0. The first-order chi connectivity index (χ1) is 9.86. The van der Waals surface area contributed by atoms with Gasteiger partial charge >= 0.3 is 0 Å². The minimum Gasteiger partial charge on any atom is -0.198 e. The fourth-order valence-corrected chi connectivity index (χ4v) is 8.74. The molecule has 6 aliphatic carbocycles. The Balaban J connectivity index is 1.39. The molecule has 20 heavy (non-hydrogen) atoms. The largest absolute Gasteiger partial charge is 0.198 e. The fourth-order valence-electron chi connectivity index (χ4n) is 8.74. The molecule has 0 aromatic rings. The monoisotopic (exact) mass is 265 g/mol. The smallest absolute Gasteiger partial charge is 0.0624 e. The normalized spacial score (nSPS) is 66.7. The Hall–Kier alpha value is -0.770. The van der Waals surface area contributed by atoms with Gasteiger partial charge < -0.3 is 0 Å². The number of hydrogen-bond donors (Lipinski definition) is 0. The second-order valence-corrected chi connectivity index (χ2v) is 8.84. The van der Waals surface area contributed by atoms with Crippen LogP contribution in [0, 0.1) is 76.4 Å². The van der Waals surface area contributed by atoms with Crippen molar-refractivity contribution in [2.45, 2.75) is 32.1 Å². The summed E-state index contributed by atoms with van der Waals surface area (Å²) in [6.07, 6.45) is 12.0. The average molecular weight is 265 g/mol. The molecule has 0 amide bonds. The van der Waals surface area contributed by atoms with Crippen LogP contribution in [0.5, 0.6) is 0 Å². The van der Waals surface area contributed by atoms with Gasteiger partial charge in [0.25, 0.3) is 0 Å². The van der Waals surface area contributed by atoms with Crippen LogP contribution in [-0.2, 0) is 0 Å². The summed E-state index contributed by atoms with van der Waals surface area (Å²) in [5, 5.41) is 9.10. The second kappa shape index (κ2) is 3.34. The van der Waals surface area contributed by atoms with Crippen molar-refractivity contribution in [3.05, 3.63) is 12.2 Å². The highest BCUT2D eigenvalue weighted by Crippen LogP contribution is 2.76. The quantitative estimate of drug-likeness (QED) is 0.521. The minimum atomic E-state index is 0.776. The third kappa shape index (κ3) is 1.00. The lowest BCUT2D eigenvalue weighted by Crippen LogP contribution is -2.41. The zero-order chi connectivity index (χ0) is 13.0. The highest BCUT2D eigenvalue weighted by atomic mass is 14.7. The Kier molecular flexibility index (Phi) is 1.82. The maximum absolute atomic E-state index is 9.10. The third-order valence-corrected chi connectivity index (χ3v) is 8.73. The molecule has 5 fully saturated rings. The van der Waals surface area contributed by atoms with E-state index in [1.807, 2.05) is 0 Å². The van der Waals surface area contributed by atoms with Gasteiger partial charge in [0.05, 0.1) is 6.07 Å². The highest BCUT2D eigenvalue weighted by molar-refractivity contribution is 5.25. The standard InChI is InChI=1S/C19H23N/c20-4-3-9-5-12-7-13(9)19-15-8-14(18(12)19)16-10-1-2-11(6-10)17(15)16/h1-2,9-19H,3,5-8H2. The van der Waals surface area contributed by atoms with Crippen LogP contribution in [0.3, 0.4) is 0 Å². The molecule has 104 valence electrons. The maximum atomic E-state index is 9.10. The molecule has 0 saturated heterocycles. The van der Waals surface area contributed by atoms with E-state index in [-0.39, 0.29) is 0 Å². The van der Waals surface area contributed by atoms with E-state index >= 15 is 0 Å². The van der Waals surface area contributed by atoms with E-state index in [4.69, 9.17) is 5.26 Å². The number of nitriles is 1. The topological polar surface area (TPSA) is 23.8 Å². The van der Waals surface area contributed by atoms with Crippen LogP contribution in [0.15, 0.2) is 12.2 Å². The van der Waals surface area contributed by atoms with Gasteiger partial charge in [0.15, 0.2) is 0 Å². The predicted molar refractivity (Wildman–Crippen MR) is 76.2 cm³/mol. The zero-order valence-electron chi connectivity index (χ0n) is 12.0. The fraction of sp³-hybridized carbons (Fsp3) is 0.842. The van der Waals surface area contributed by atoms with E-state index in [1.165, 1.54) is 19.3 Å². The van der Waals surface area contributed by atoms with Crippen LogP contribution >= 0.6 is 0 Å². The summed E-state index contributed by atoms with van der Waals surface area (Å²) in [5.74, 6) is 11.1. The summed E-state index contributed by atoms with van der Waals surface area (Å²) in [6, 6.07) is 2.48. The number of rotatable bonds is 1. The van der Waals surface area contributed by atoms with Crippen molar-refractivity contribution in [2.75, 3.05) is 0 Å². The van der Waals surface area contributed by atoms with E-state index in [0.717, 1.165) is 71.5 Å². The van der Waals surface area contributed by atoms with Gasteiger partial charge in [-0.2, -0.15) is 5.26 Å². The van der Waals surface area contributed by atoms with E-state index < -0.39 is 0 Å². The van der Waals surface area contributed by atoms with Gasteiger partial charge in [-0.1, -0.05) is 12.2 Å². The van der Waals surface area contributed by atoms with E-state index in [1.54, 1.807) is 6.42 Å². The van der Waals surface area contributed by atoms with Crippen molar-refractivity contribution < 1.29 is 0 Å². The highest BCUT2D eigenvalue weighted by Gasteiger charge is 2.70. The van der Waals surface area contributed by atoms with Gasteiger partial charge in [-0.25, -0.2) is 0 Å². The molecule has 0 spiro atoms. The number of hydrogen-bond acceptors (Lipinski definition) is 1. The van der Waals surface area contributed by atoms with Crippen LogP contribution in [-0.4, -0.2) is 0 Å². The van der Waals surface area contributed by atoms with Crippen molar-refractivity contribution in [2.24, 2.45) is 65.1 Å². The third-order valence-electron chi connectivity index (χ3n) is 8.73. The minimum absolute atomic E-state index is 0.776. The summed E-state index contributed by atoms with van der Waals surface area (Å²) in [7, 11) is 0. The van der Waals surface area contributed by atoms with Crippen LogP contribution < -0.4 is 0 Å². The Morgan fingerprint density at radius 2 is 1.55 bits per heavy atom. The SMILES string of the molecule is N#CCC1CC2CC1C1C3CC(C4C5C=CC(C5)C34)C21. The molecule has 0 radical (unpaired) electrons. The maximum Gasteiger partial charge on any atom is 0.0624 e. The molecule has 0 aromatic heterocycles. The lowest BCUT2D eigenvalue weighted by molar-refractivity contribution is 0.0303. The lowest BCUT2D eigenvalue weighted by Gasteiger charge is -2.45. The van der Waals surface area contributed by atoms with Crippen molar-refractivity contribution in [3.63, 3.8) is 0 Å². The van der Waals surface area contributed by atoms with Crippen LogP contribution in [0.1, 0.15) is 32.1 Å². The Labute approximate surface area is 121 Å². The second-order valence-electron chi connectivity index (χ2n) is 8.84. The van der Waals surface area contributed by atoms with Crippen molar-refractivity contribution >= 4 is 0 Å². The van der Waals surface area contributed by atoms with Crippen LogP contribution in [0.2, 0.25) is 0 Å². The van der Waals surface area contributed by atoms with Crippen molar-refractivity contribution in [1.82, 2.24) is 0 Å². The van der Waals surface area contributed by atoms with Crippen LogP contribution in [0.25, 0.3) is 0 Å². The van der Waals surface area contributed by atoms with Gasteiger partial charge in [0.1, 0.15) is 0 Å². The first-order valence-corrected chi connectivity index (χ1v) is 8.92. The molecule has 1 heteroatoms. The molecule has 6 bridgehead atoms. The first-order valence-electron chi connectivity index (χ1n) is 8.92. The molecule has 6 rings (SSSR count). The first kappa shape index (κ1) is 10.9. The summed E-state index contributed by atoms with van der Waals surface area (Å²) in [5.41, 5.74) is 0. The van der Waals surface area contributed by atoms with Gasteiger partial charge in [-0.3, -0.25) is 0 Å². The van der Waals surface area contributed by atoms with Gasteiger partial charge in [-0.15, -0.1) is 0 Å². The summed E-state index contributed by atoms with van der Waals surface area (Å²) in [6.45, 7) is 0. The molecular weight excluding hydrogens is 242 g/mol. The summed E-state index contributed by atoms with van der Waals surface area (Å²) in [4.78, 5) is 0. The molecule has 1 nitrogen and oxygen atoms in total. The lowest BCUT2D eigenvalue weighted by atomic mass is 9.59. The molecule has 5 saturated carbocycles. The molecule has 0 heterocycles. The van der Waals surface area contributed by atoms with E-state index in [0.29, 0.717) is 0 Å². The van der Waals surface area contributed by atoms with E-state index in [2.05, 4.69) is 18.2 Å². The Morgan fingerprint density at radius 3 is 2.30 bits per heavy atom. The molecule has 11 atom stereocenters. The van der Waals surface area contributed by atoms with Crippen LogP contribution in [0.4, 0.5) is 0 Å². The van der Waals surface area contributed by atoms with Crippen molar-refractivity contribution in [3.8, 4) is 6.07 Å². The summed E-state index contributed by atoms with van der Waals surface area (Å²) >= 11 is 0. The Bertz CT molecular complexity index is 542. The molecule has 0 aliphatic heterocycles. The number of allylic oxidation sites excluding steroid dienone is 2.